The lowest BCUT2D eigenvalue weighted by molar-refractivity contribution is -0.118. The molecule has 0 bridgehead atoms. The van der Waals surface area contributed by atoms with Gasteiger partial charge in [0.25, 0.3) is 5.56 Å². The van der Waals surface area contributed by atoms with Gasteiger partial charge in [-0.2, -0.15) is 0 Å². The van der Waals surface area contributed by atoms with Gasteiger partial charge in [0.05, 0.1) is 16.3 Å². The molecule has 1 aliphatic carbocycles. The lowest BCUT2D eigenvalue weighted by atomic mass is 9.73. The largest absolute Gasteiger partial charge is 0.294 e. The quantitative estimate of drug-likeness (QED) is 0.571. The standard InChI is InChI=1S/C25H19F3N2O2S/c1-25(2)11-18-21(19(31)12-25)22(14-4-6-15(26)7-5-14)30-23(32)20(33-24(30)29-18)10-13-3-8-16(27)17(28)9-13/h3-10,22H,11-12H2,1-2H3/b20-10+/t22-/m0/s1. The van der Waals surface area contributed by atoms with Crippen LogP contribution in [0.3, 0.4) is 0 Å². The minimum atomic E-state index is -1.01. The zero-order valence-corrected chi connectivity index (χ0v) is 18.7. The molecule has 3 aromatic rings. The van der Waals surface area contributed by atoms with Crippen molar-refractivity contribution in [3.05, 3.63) is 102 Å². The number of fused-ring (bicyclic) bond motifs is 1. The van der Waals surface area contributed by atoms with E-state index in [1.807, 2.05) is 13.8 Å². The van der Waals surface area contributed by atoms with Crippen LogP contribution in [0.25, 0.3) is 6.08 Å². The van der Waals surface area contributed by atoms with Gasteiger partial charge in [-0.15, -0.1) is 0 Å². The van der Waals surface area contributed by atoms with Crippen molar-refractivity contribution in [2.24, 2.45) is 10.4 Å². The molecule has 0 unspecified atom stereocenters. The zero-order chi connectivity index (χ0) is 23.5. The molecule has 0 saturated heterocycles. The second-order valence-corrected chi connectivity index (χ2v) is 10.1. The van der Waals surface area contributed by atoms with Crippen LogP contribution in [0.4, 0.5) is 13.2 Å². The Morgan fingerprint density at radius 2 is 1.76 bits per heavy atom. The van der Waals surface area contributed by atoms with Crippen LogP contribution in [0, 0.1) is 22.9 Å². The number of benzene rings is 2. The van der Waals surface area contributed by atoms with Crippen molar-refractivity contribution in [3.8, 4) is 0 Å². The highest BCUT2D eigenvalue weighted by Gasteiger charge is 2.40. The van der Waals surface area contributed by atoms with E-state index in [1.165, 1.54) is 28.8 Å². The Labute approximate surface area is 191 Å². The number of aromatic nitrogens is 1. The minimum Gasteiger partial charge on any atom is -0.294 e. The van der Waals surface area contributed by atoms with Crippen LogP contribution in [0.15, 0.2) is 63.5 Å². The molecule has 2 aromatic carbocycles. The normalized spacial score (nSPS) is 19.8. The third kappa shape index (κ3) is 3.78. The summed E-state index contributed by atoms with van der Waals surface area (Å²) in [6.45, 7) is 3.99. The number of ketones is 1. The van der Waals surface area contributed by atoms with Crippen LogP contribution in [0.1, 0.15) is 43.9 Å². The van der Waals surface area contributed by atoms with Gasteiger partial charge in [0.15, 0.2) is 22.2 Å². The van der Waals surface area contributed by atoms with Gasteiger partial charge >= 0.3 is 0 Å². The molecule has 5 rings (SSSR count). The molecule has 2 heterocycles. The molecule has 1 aliphatic heterocycles. The summed E-state index contributed by atoms with van der Waals surface area (Å²) in [5.74, 6) is -2.49. The maximum Gasteiger partial charge on any atom is 0.271 e. The maximum atomic E-state index is 13.7. The lowest BCUT2D eigenvalue weighted by Crippen LogP contribution is -2.42. The maximum absolute atomic E-state index is 13.7. The number of Topliss-reactive ketones (excluding diaryl/α,β-unsaturated/α-hetero) is 1. The van der Waals surface area contributed by atoms with E-state index in [2.05, 4.69) is 4.99 Å². The molecular formula is C25H19F3N2O2S. The van der Waals surface area contributed by atoms with Gasteiger partial charge in [-0.3, -0.25) is 14.2 Å². The van der Waals surface area contributed by atoms with Crippen molar-refractivity contribution < 1.29 is 18.0 Å². The fourth-order valence-electron chi connectivity index (χ4n) is 4.46. The summed E-state index contributed by atoms with van der Waals surface area (Å²) in [5, 5.41) is 0. The Kier molecular flexibility index (Phi) is 5.01. The van der Waals surface area contributed by atoms with E-state index < -0.39 is 29.1 Å². The summed E-state index contributed by atoms with van der Waals surface area (Å²) >= 11 is 1.12. The van der Waals surface area contributed by atoms with Crippen LogP contribution in [-0.2, 0) is 4.79 Å². The number of carbonyl (C=O) groups is 1. The average molecular weight is 469 g/mol. The highest BCUT2D eigenvalue weighted by molar-refractivity contribution is 7.07. The number of carbonyl (C=O) groups excluding carboxylic acids is 1. The van der Waals surface area contributed by atoms with E-state index in [0.29, 0.717) is 40.0 Å². The molecule has 0 amide bonds. The second kappa shape index (κ2) is 7.66. The van der Waals surface area contributed by atoms with Crippen LogP contribution in [-0.4, -0.2) is 10.4 Å². The fraction of sp³-hybridized carbons (Fsp3) is 0.240. The van der Waals surface area contributed by atoms with Crippen LogP contribution >= 0.6 is 11.3 Å². The number of nitrogens with zero attached hydrogens (tertiary/aromatic N) is 2. The summed E-state index contributed by atoms with van der Waals surface area (Å²) in [7, 11) is 0. The van der Waals surface area contributed by atoms with E-state index in [1.54, 1.807) is 12.1 Å². The van der Waals surface area contributed by atoms with E-state index in [-0.39, 0.29) is 15.7 Å². The predicted octanol–water partition coefficient (Wildman–Crippen LogP) is 4.02. The van der Waals surface area contributed by atoms with E-state index in [9.17, 15) is 22.8 Å². The summed E-state index contributed by atoms with van der Waals surface area (Å²) in [6.07, 6.45) is 2.37. The summed E-state index contributed by atoms with van der Waals surface area (Å²) in [6, 6.07) is 8.39. The van der Waals surface area contributed by atoms with Crippen molar-refractivity contribution in [2.45, 2.75) is 32.7 Å². The smallest absolute Gasteiger partial charge is 0.271 e. The third-order valence-electron chi connectivity index (χ3n) is 5.92. The lowest BCUT2D eigenvalue weighted by Gasteiger charge is -2.35. The minimum absolute atomic E-state index is 0.0887. The molecule has 0 radical (unpaired) electrons. The molecule has 1 aromatic heterocycles. The molecule has 2 aliphatic rings. The Bertz CT molecular complexity index is 1510. The van der Waals surface area contributed by atoms with Gasteiger partial charge in [-0.1, -0.05) is 43.4 Å². The van der Waals surface area contributed by atoms with Crippen LogP contribution in [0.5, 0.6) is 0 Å². The molecule has 168 valence electrons. The van der Waals surface area contributed by atoms with E-state index in [0.717, 1.165) is 23.5 Å². The monoisotopic (exact) mass is 468 g/mol. The van der Waals surface area contributed by atoms with Gasteiger partial charge in [0.2, 0.25) is 0 Å². The molecular weight excluding hydrogens is 449 g/mol. The van der Waals surface area contributed by atoms with E-state index in [4.69, 9.17) is 0 Å². The van der Waals surface area contributed by atoms with Gasteiger partial charge in [0.1, 0.15) is 5.82 Å². The van der Waals surface area contributed by atoms with Crippen molar-refractivity contribution in [1.29, 1.82) is 0 Å². The molecule has 0 fully saturated rings. The zero-order valence-electron chi connectivity index (χ0n) is 17.9. The second-order valence-electron chi connectivity index (χ2n) is 9.11. The van der Waals surface area contributed by atoms with E-state index >= 15 is 0 Å². The average Bonchev–Trinajstić information content (AvgIpc) is 3.04. The topological polar surface area (TPSA) is 51.4 Å². The number of halogens is 3. The Balaban J connectivity index is 1.76. The van der Waals surface area contributed by atoms with Crippen LogP contribution < -0.4 is 14.9 Å². The Morgan fingerprint density at radius 1 is 1.03 bits per heavy atom. The van der Waals surface area contributed by atoms with Crippen molar-refractivity contribution in [3.63, 3.8) is 0 Å². The number of allylic oxidation sites excluding steroid dienone is 2. The molecule has 4 nitrogen and oxygen atoms in total. The predicted molar refractivity (Wildman–Crippen MR) is 119 cm³/mol. The van der Waals surface area contributed by atoms with Gasteiger partial charge in [-0.05, 0) is 53.3 Å². The number of hydrogen-bond acceptors (Lipinski definition) is 4. The summed E-state index contributed by atoms with van der Waals surface area (Å²) in [4.78, 5) is 31.7. The first-order chi connectivity index (χ1) is 15.6. The van der Waals surface area contributed by atoms with Crippen molar-refractivity contribution in [1.82, 2.24) is 4.57 Å². The first kappa shape index (κ1) is 21.6. The molecule has 0 spiro atoms. The Morgan fingerprint density at radius 3 is 2.45 bits per heavy atom. The third-order valence-corrected chi connectivity index (χ3v) is 6.91. The van der Waals surface area contributed by atoms with Crippen molar-refractivity contribution >= 4 is 23.2 Å². The molecule has 0 N–H and O–H groups in total. The fourth-order valence-corrected chi connectivity index (χ4v) is 5.48. The summed E-state index contributed by atoms with van der Waals surface area (Å²) in [5.41, 5.74) is 1.35. The first-order valence-electron chi connectivity index (χ1n) is 10.4. The molecule has 33 heavy (non-hydrogen) atoms. The number of thiazole rings is 1. The van der Waals surface area contributed by atoms with Crippen LogP contribution in [0.2, 0.25) is 0 Å². The van der Waals surface area contributed by atoms with Crippen molar-refractivity contribution in [2.75, 3.05) is 0 Å². The first-order valence-corrected chi connectivity index (χ1v) is 11.2. The molecule has 1 atom stereocenters. The van der Waals surface area contributed by atoms with Gasteiger partial charge in [0, 0.05) is 12.0 Å². The molecule has 8 heteroatoms. The summed E-state index contributed by atoms with van der Waals surface area (Å²) < 4.78 is 42.3. The number of rotatable bonds is 2. The highest BCUT2D eigenvalue weighted by atomic mass is 32.1. The number of hydrogen-bond donors (Lipinski definition) is 0. The SMILES string of the molecule is CC1(C)CC(=O)C2=C(C1)N=c1s/c(=C/c3ccc(F)c(F)c3)c(=O)n1[C@H]2c1ccc(F)cc1. The highest BCUT2D eigenvalue weighted by Crippen LogP contribution is 2.43. The van der Waals surface area contributed by atoms with Gasteiger partial charge < -0.3 is 0 Å². The molecule has 0 saturated carbocycles. The Hall–Kier alpha value is -3.26. The van der Waals surface area contributed by atoms with Gasteiger partial charge in [-0.25, -0.2) is 18.2 Å².